The van der Waals surface area contributed by atoms with Gasteiger partial charge in [0.25, 0.3) is 0 Å². The molecule has 103 heavy (non-hydrogen) atoms. The summed E-state index contributed by atoms with van der Waals surface area (Å²) < 4.78 is 77.8. The molecular weight excluding hydrogens is 1350 g/mol. The molecule has 6 fully saturated rings. The molecule has 6 aliphatic rings. The number of nitrogens with one attached hydrogen (secondary N) is 3. The van der Waals surface area contributed by atoms with E-state index < -0.39 is 199 Å². The number of alkyl halides is 3. The number of rotatable bonds is 13. The SMILES string of the molecule is CCC[C@H]1C(=O)N[C@@H]([C@@H](C)CC)C(=O)N(C)CC(=O)N(C)CC(=O)N(C)[C@@H](CC2CCCCC2)C(=O)N(C)CC(=O)N[C@@H](CCc2cc(F)c(C(F)(F)F)c(F)c2)C(=O)N2C[C@H](OCC)C[C@H]2C(=O)NC2(CCCC2)C(=O)N(C)[C@@H](C2CCCCC2)C(=O)N(C)[C@H](C(=O)N2CCCC2)CC(=O)N1C. The first-order chi connectivity index (χ1) is 48.7. The lowest BCUT2D eigenvalue weighted by molar-refractivity contribution is -0.156. The molecule has 1 aromatic rings. The number of nitrogens with zero attached hydrogens (tertiary/aromatic N) is 9. The van der Waals surface area contributed by atoms with Crippen LogP contribution in [0.1, 0.15) is 187 Å². The number of fused-ring (bicyclic) bond motifs is 1. The zero-order valence-electron chi connectivity index (χ0n) is 62.1. The maximum absolute atomic E-state index is 15.8. The molecule has 1 aromatic carbocycles. The van der Waals surface area contributed by atoms with Crippen molar-refractivity contribution in [1.29, 1.82) is 0 Å². The number of hydrogen-bond acceptors (Lipinski definition) is 13. The normalized spacial score (nSPS) is 27.1. The molecule has 3 saturated carbocycles. The van der Waals surface area contributed by atoms with Crippen LogP contribution in [-0.2, 0) is 74.9 Å². The maximum Gasteiger partial charge on any atom is 0.422 e. The van der Waals surface area contributed by atoms with Crippen molar-refractivity contribution >= 4 is 70.9 Å². The van der Waals surface area contributed by atoms with Gasteiger partial charge in [0, 0.05) is 82.0 Å². The number of benzene rings is 1. The van der Waals surface area contributed by atoms with Gasteiger partial charge in [0.1, 0.15) is 65.0 Å². The second kappa shape index (κ2) is 36.9. The van der Waals surface area contributed by atoms with Gasteiger partial charge in [-0.1, -0.05) is 97.8 Å². The van der Waals surface area contributed by atoms with Crippen molar-refractivity contribution in [2.45, 2.75) is 242 Å². The van der Waals surface area contributed by atoms with Crippen molar-refractivity contribution in [3.05, 3.63) is 34.9 Å². The van der Waals surface area contributed by atoms with E-state index in [0.29, 0.717) is 89.4 Å². The minimum absolute atomic E-state index is 0.0370. The number of likely N-dealkylation sites (N-methyl/N-ethyl adjacent to an activating group) is 7. The Hall–Kier alpha value is -7.53. The van der Waals surface area contributed by atoms with Crippen LogP contribution >= 0.6 is 0 Å². The first-order valence-corrected chi connectivity index (χ1v) is 37.2. The lowest BCUT2D eigenvalue weighted by Crippen LogP contribution is -2.65. The van der Waals surface area contributed by atoms with Gasteiger partial charge in [0.2, 0.25) is 70.9 Å². The summed E-state index contributed by atoms with van der Waals surface area (Å²) in [6.07, 6.45) is 2.95. The largest absolute Gasteiger partial charge is 0.422 e. The molecule has 0 unspecified atom stereocenters. The minimum atomic E-state index is -5.40. The van der Waals surface area contributed by atoms with E-state index in [1.807, 2.05) is 13.8 Å². The van der Waals surface area contributed by atoms with Crippen LogP contribution in [0.4, 0.5) is 22.0 Å². The van der Waals surface area contributed by atoms with Crippen LogP contribution in [0.5, 0.6) is 0 Å². The zero-order chi connectivity index (χ0) is 75.9. The molecule has 0 bridgehead atoms. The molecule has 0 radical (unpaired) electrons. The van der Waals surface area contributed by atoms with E-state index in [0.717, 1.165) is 58.1 Å². The highest BCUT2D eigenvalue weighted by molar-refractivity contribution is 6.01. The van der Waals surface area contributed by atoms with Crippen molar-refractivity contribution in [3.8, 4) is 0 Å². The molecule has 9 atom stereocenters. The molecule has 576 valence electrons. The van der Waals surface area contributed by atoms with Crippen LogP contribution in [-0.4, -0.2) is 264 Å². The summed E-state index contributed by atoms with van der Waals surface area (Å²) in [4.78, 5) is 191. The maximum atomic E-state index is 15.8. The molecule has 3 saturated heterocycles. The van der Waals surface area contributed by atoms with Gasteiger partial charge < -0.3 is 64.8 Å². The monoisotopic (exact) mass is 1460 g/mol. The molecule has 3 aliphatic heterocycles. The quantitative estimate of drug-likeness (QED) is 0.208. The number of ether oxygens (including phenoxy) is 1. The molecule has 1 spiro atoms. The first-order valence-electron chi connectivity index (χ1n) is 37.2. The highest BCUT2D eigenvalue weighted by atomic mass is 19.4. The third kappa shape index (κ3) is 20.5. The Labute approximate surface area is 602 Å². The standard InChI is InChI=1S/C73H111F5N12O13/c1-12-25-53-64(95)80-62(45(4)13-2)69(100)84(7)43-59(93)82(5)44-60(94)86(9)55(38-46-26-17-15-18-27-46)67(98)83(6)42-57(91)79-52(31-30-47-36-50(74)61(51(75)37-47)73(76,77)78)66(97)90-41-49(103-14-3)39-54(90)65(96)81-72(32-21-22-33-72)71(102)88(11)63(48-28-19-16-20-29-48)70(101)87(10)56(40-58(92)85(53)8)68(99)89-34-23-24-35-89/h36-37,45-46,48-49,52-56,62-63H,12-35,38-44H2,1-11H3,(H,79,91)(H,80,95)(H,81,96)/t45-,49+,52-,53-,54-,55-,56-,62-,63-/m0/s1. The fraction of sp³-hybridized carbons (Fsp3) is 0.753. The summed E-state index contributed by atoms with van der Waals surface area (Å²) in [5.41, 5.74) is -4.13. The van der Waals surface area contributed by atoms with Gasteiger partial charge in [-0.3, -0.25) is 57.5 Å². The molecule has 7 rings (SSSR count). The smallest absolute Gasteiger partial charge is 0.377 e. The summed E-state index contributed by atoms with van der Waals surface area (Å²) in [7, 11) is 9.72. The van der Waals surface area contributed by atoms with Crippen LogP contribution in [0.3, 0.4) is 0 Å². The first kappa shape index (κ1) is 82.8. The van der Waals surface area contributed by atoms with E-state index in [2.05, 4.69) is 16.0 Å². The molecule has 12 amide bonds. The Morgan fingerprint density at radius 2 is 1.21 bits per heavy atom. The van der Waals surface area contributed by atoms with Gasteiger partial charge in [0.15, 0.2) is 0 Å². The highest BCUT2D eigenvalue weighted by Gasteiger charge is 2.52. The van der Waals surface area contributed by atoms with Gasteiger partial charge in [-0.15, -0.1) is 0 Å². The Kier molecular flexibility index (Phi) is 29.7. The number of amides is 12. The Morgan fingerprint density at radius 1 is 0.631 bits per heavy atom. The third-order valence-electron chi connectivity index (χ3n) is 22.4. The van der Waals surface area contributed by atoms with Gasteiger partial charge in [-0.25, -0.2) is 8.78 Å². The number of aryl methyl sites for hydroxylation is 1. The number of carbonyl (C=O) groups excluding carboxylic acids is 12. The van der Waals surface area contributed by atoms with Gasteiger partial charge in [-0.2, -0.15) is 13.2 Å². The fourth-order valence-corrected chi connectivity index (χ4v) is 16.0. The van der Waals surface area contributed by atoms with E-state index in [1.165, 1.54) is 68.9 Å². The predicted molar refractivity (Wildman–Crippen MR) is 370 cm³/mol. The lowest BCUT2D eigenvalue weighted by atomic mass is 9.81. The summed E-state index contributed by atoms with van der Waals surface area (Å²) in [6.45, 7) is 5.75. The van der Waals surface area contributed by atoms with E-state index in [-0.39, 0.29) is 56.7 Å². The average molecular weight is 1460 g/mol. The van der Waals surface area contributed by atoms with Crippen LogP contribution in [0, 0.1) is 29.4 Å². The number of hydrogen-bond donors (Lipinski definition) is 3. The van der Waals surface area contributed by atoms with Gasteiger partial charge >= 0.3 is 6.18 Å². The molecule has 25 nitrogen and oxygen atoms in total. The molecule has 0 aromatic heterocycles. The van der Waals surface area contributed by atoms with E-state index in [9.17, 15) is 51.5 Å². The van der Waals surface area contributed by atoms with Gasteiger partial charge in [0.05, 0.1) is 32.2 Å². The van der Waals surface area contributed by atoms with Gasteiger partial charge in [-0.05, 0) is 107 Å². The summed E-state index contributed by atoms with van der Waals surface area (Å²) >= 11 is 0. The van der Waals surface area contributed by atoms with Crippen molar-refractivity contribution in [3.63, 3.8) is 0 Å². The van der Waals surface area contributed by atoms with Crippen LogP contribution in [0.15, 0.2) is 12.1 Å². The van der Waals surface area contributed by atoms with Crippen LogP contribution < -0.4 is 16.0 Å². The Balaban J connectivity index is 1.31. The van der Waals surface area contributed by atoms with E-state index >= 15 is 28.0 Å². The van der Waals surface area contributed by atoms with Crippen molar-refractivity contribution in [2.75, 3.05) is 95.2 Å². The Bertz CT molecular complexity index is 3190. The van der Waals surface area contributed by atoms with Crippen LogP contribution in [0.25, 0.3) is 0 Å². The number of likely N-dealkylation sites (tertiary alicyclic amines) is 1. The van der Waals surface area contributed by atoms with E-state index in [4.69, 9.17) is 4.74 Å². The minimum Gasteiger partial charge on any atom is -0.377 e. The van der Waals surface area contributed by atoms with Crippen molar-refractivity contribution < 1.29 is 84.2 Å². The summed E-state index contributed by atoms with van der Waals surface area (Å²) in [5, 5.41) is 8.53. The molecule has 3 heterocycles. The van der Waals surface area contributed by atoms with Crippen molar-refractivity contribution in [2.24, 2.45) is 17.8 Å². The number of carbonyl (C=O) groups is 12. The summed E-state index contributed by atoms with van der Waals surface area (Å²) in [6, 6.07) is -8.45. The zero-order valence-corrected chi connectivity index (χ0v) is 62.1. The van der Waals surface area contributed by atoms with Crippen LogP contribution in [0.2, 0.25) is 0 Å². The Morgan fingerprint density at radius 3 is 1.80 bits per heavy atom. The molecule has 30 heteroatoms. The second-order valence-corrected chi connectivity index (χ2v) is 29.7. The topological polar surface area (TPSA) is 279 Å². The highest BCUT2D eigenvalue weighted by Crippen LogP contribution is 2.39. The van der Waals surface area contributed by atoms with Crippen molar-refractivity contribution in [1.82, 2.24) is 60.0 Å². The average Bonchev–Trinajstić information content (AvgIpc) is 1.72. The fourth-order valence-electron chi connectivity index (χ4n) is 16.0. The number of halogens is 5. The predicted octanol–water partition coefficient (Wildman–Crippen LogP) is 5.43. The van der Waals surface area contributed by atoms with E-state index in [1.54, 1.807) is 18.7 Å². The lowest BCUT2D eigenvalue weighted by Gasteiger charge is -2.43. The molecule has 3 N–H and O–H groups in total. The molecular formula is C73H111F5N12O13. The second-order valence-electron chi connectivity index (χ2n) is 29.7. The third-order valence-corrected chi connectivity index (χ3v) is 22.4. The summed E-state index contributed by atoms with van der Waals surface area (Å²) in [5.74, 6) is -13.4. The molecule has 3 aliphatic carbocycles.